The molecule has 0 amide bonds. The molecule has 0 radical (unpaired) electrons. The molecule has 0 N–H and O–H groups in total. The number of pyridine rings is 1. The molecular weight excluding hydrogens is 298 g/mol. The molecule has 1 saturated heterocycles. The number of rotatable bonds is 5. The zero-order chi connectivity index (χ0) is 16.1. The van der Waals surface area contributed by atoms with Gasteiger partial charge in [0.1, 0.15) is 5.75 Å². The number of ether oxygens (including phenoxy) is 1. The SMILES string of the molecule is FC(F)Oc1ccccc1CN1CCCC[C@@H]1c1ccccn1. The second kappa shape index (κ2) is 7.51. The molecule has 2 heterocycles. The minimum atomic E-state index is -2.80. The zero-order valence-corrected chi connectivity index (χ0v) is 12.9. The van der Waals surface area contributed by atoms with Crippen molar-refractivity contribution in [2.24, 2.45) is 0 Å². The lowest BCUT2D eigenvalue weighted by Gasteiger charge is -2.35. The van der Waals surface area contributed by atoms with E-state index < -0.39 is 6.61 Å². The Balaban J connectivity index is 1.80. The average Bonchev–Trinajstić information content (AvgIpc) is 2.57. The van der Waals surface area contributed by atoms with E-state index in [9.17, 15) is 8.78 Å². The van der Waals surface area contributed by atoms with Crippen LogP contribution in [0, 0.1) is 0 Å². The summed E-state index contributed by atoms with van der Waals surface area (Å²) < 4.78 is 29.8. The van der Waals surface area contributed by atoms with Gasteiger partial charge < -0.3 is 4.74 Å². The smallest absolute Gasteiger partial charge is 0.387 e. The standard InChI is InChI=1S/C18H20F2N2O/c19-18(20)23-17-10-2-1-7-14(17)13-22-12-6-4-9-16(22)15-8-3-5-11-21-15/h1-3,5,7-8,10-11,16,18H,4,6,9,12-13H2/t16-/m1/s1. The van der Waals surface area contributed by atoms with Gasteiger partial charge in [-0.15, -0.1) is 0 Å². The van der Waals surface area contributed by atoms with E-state index in [1.807, 2.05) is 30.3 Å². The summed E-state index contributed by atoms with van der Waals surface area (Å²) in [6.07, 6.45) is 5.11. The summed E-state index contributed by atoms with van der Waals surface area (Å²) in [6.45, 7) is -1.28. The molecule has 0 bridgehead atoms. The van der Waals surface area contributed by atoms with Crippen LogP contribution in [-0.4, -0.2) is 23.0 Å². The van der Waals surface area contributed by atoms with Crippen molar-refractivity contribution < 1.29 is 13.5 Å². The van der Waals surface area contributed by atoms with Crippen molar-refractivity contribution in [2.45, 2.75) is 38.5 Å². The molecule has 2 aromatic rings. The topological polar surface area (TPSA) is 25.4 Å². The van der Waals surface area contributed by atoms with Crippen LogP contribution in [0.4, 0.5) is 8.78 Å². The zero-order valence-electron chi connectivity index (χ0n) is 12.9. The third-order valence-corrected chi connectivity index (χ3v) is 4.20. The van der Waals surface area contributed by atoms with Gasteiger partial charge in [0.25, 0.3) is 0 Å². The van der Waals surface area contributed by atoms with Crippen LogP contribution in [0.1, 0.15) is 36.6 Å². The van der Waals surface area contributed by atoms with Crippen molar-refractivity contribution in [3.8, 4) is 5.75 Å². The summed E-state index contributed by atoms with van der Waals surface area (Å²) >= 11 is 0. The minimum Gasteiger partial charge on any atom is -0.434 e. The first-order valence-electron chi connectivity index (χ1n) is 7.92. The number of para-hydroxylation sites is 1. The van der Waals surface area contributed by atoms with Gasteiger partial charge in [0, 0.05) is 18.3 Å². The Morgan fingerprint density at radius 3 is 2.74 bits per heavy atom. The van der Waals surface area contributed by atoms with E-state index in [1.54, 1.807) is 18.3 Å². The molecule has 3 nitrogen and oxygen atoms in total. The molecule has 23 heavy (non-hydrogen) atoms. The molecule has 0 spiro atoms. The van der Waals surface area contributed by atoms with Crippen molar-refractivity contribution in [1.29, 1.82) is 0 Å². The van der Waals surface area contributed by atoms with Gasteiger partial charge in [-0.2, -0.15) is 8.78 Å². The Morgan fingerprint density at radius 1 is 1.13 bits per heavy atom. The van der Waals surface area contributed by atoms with E-state index in [4.69, 9.17) is 0 Å². The average molecular weight is 318 g/mol. The fourth-order valence-corrected chi connectivity index (χ4v) is 3.15. The highest BCUT2D eigenvalue weighted by molar-refractivity contribution is 5.33. The van der Waals surface area contributed by atoms with Crippen LogP contribution in [0.3, 0.4) is 0 Å². The van der Waals surface area contributed by atoms with Gasteiger partial charge >= 0.3 is 6.61 Å². The second-order valence-electron chi connectivity index (χ2n) is 5.72. The summed E-state index contributed by atoms with van der Waals surface area (Å²) in [5.74, 6) is 0.257. The highest BCUT2D eigenvalue weighted by Gasteiger charge is 2.25. The largest absolute Gasteiger partial charge is 0.434 e. The molecule has 3 rings (SSSR count). The lowest BCUT2D eigenvalue weighted by Crippen LogP contribution is -2.33. The van der Waals surface area contributed by atoms with Crippen LogP contribution >= 0.6 is 0 Å². The Morgan fingerprint density at radius 2 is 1.96 bits per heavy atom. The Hall–Kier alpha value is -2.01. The van der Waals surface area contributed by atoms with Crippen LogP contribution in [0.2, 0.25) is 0 Å². The summed E-state index contributed by atoms with van der Waals surface area (Å²) in [6, 6.07) is 13.2. The van der Waals surface area contributed by atoms with Gasteiger partial charge in [0.05, 0.1) is 11.7 Å². The number of alkyl halides is 2. The lowest BCUT2D eigenvalue weighted by atomic mass is 9.98. The van der Waals surface area contributed by atoms with Gasteiger partial charge in [-0.05, 0) is 37.6 Å². The molecule has 1 aliphatic heterocycles. The predicted molar refractivity (Wildman–Crippen MR) is 84.3 cm³/mol. The van der Waals surface area contributed by atoms with Crippen molar-refractivity contribution in [2.75, 3.05) is 6.54 Å². The van der Waals surface area contributed by atoms with Crippen molar-refractivity contribution >= 4 is 0 Å². The molecule has 0 aliphatic carbocycles. The van der Waals surface area contributed by atoms with Crippen LogP contribution in [0.15, 0.2) is 48.7 Å². The van der Waals surface area contributed by atoms with Crippen LogP contribution < -0.4 is 4.74 Å². The number of hydrogen-bond donors (Lipinski definition) is 0. The Labute approximate surface area is 134 Å². The maximum atomic E-state index is 12.6. The highest BCUT2D eigenvalue weighted by Crippen LogP contribution is 2.32. The molecule has 0 unspecified atom stereocenters. The van der Waals surface area contributed by atoms with E-state index >= 15 is 0 Å². The molecule has 1 atom stereocenters. The van der Waals surface area contributed by atoms with Crippen molar-refractivity contribution in [3.63, 3.8) is 0 Å². The predicted octanol–water partition coefficient (Wildman–Crippen LogP) is 4.41. The van der Waals surface area contributed by atoms with E-state index in [0.717, 1.165) is 37.1 Å². The van der Waals surface area contributed by atoms with Gasteiger partial charge in [0.2, 0.25) is 0 Å². The fraction of sp³-hybridized carbons (Fsp3) is 0.389. The van der Waals surface area contributed by atoms with E-state index in [0.29, 0.717) is 6.54 Å². The molecule has 1 aromatic heterocycles. The Bertz CT molecular complexity index is 621. The normalized spacial score (nSPS) is 19.0. The van der Waals surface area contributed by atoms with Gasteiger partial charge in [0.15, 0.2) is 0 Å². The molecule has 1 aliphatic rings. The summed E-state index contributed by atoms with van der Waals surface area (Å²) in [4.78, 5) is 6.78. The van der Waals surface area contributed by atoms with Crippen molar-refractivity contribution in [3.05, 3.63) is 59.9 Å². The first-order chi connectivity index (χ1) is 11.2. The summed E-state index contributed by atoms with van der Waals surface area (Å²) in [5, 5.41) is 0. The monoisotopic (exact) mass is 318 g/mol. The lowest BCUT2D eigenvalue weighted by molar-refractivity contribution is -0.0509. The van der Waals surface area contributed by atoms with Gasteiger partial charge in [-0.25, -0.2) is 0 Å². The summed E-state index contributed by atoms with van der Waals surface area (Å²) in [5.41, 5.74) is 1.83. The maximum Gasteiger partial charge on any atom is 0.387 e. The number of hydrogen-bond acceptors (Lipinski definition) is 3. The van der Waals surface area contributed by atoms with Crippen LogP contribution in [0.5, 0.6) is 5.75 Å². The minimum absolute atomic E-state index is 0.226. The number of nitrogens with zero attached hydrogens (tertiary/aromatic N) is 2. The fourth-order valence-electron chi connectivity index (χ4n) is 3.15. The van der Waals surface area contributed by atoms with E-state index in [-0.39, 0.29) is 11.8 Å². The van der Waals surface area contributed by atoms with Crippen molar-refractivity contribution in [1.82, 2.24) is 9.88 Å². The number of benzene rings is 1. The van der Waals surface area contributed by atoms with E-state index in [2.05, 4.69) is 14.6 Å². The third kappa shape index (κ3) is 4.05. The molecule has 1 aromatic carbocycles. The number of piperidine rings is 1. The number of likely N-dealkylation sites (tertiary alicyclic amines) is 1. The number of aromatic nitrogens is 1. The molecule has 5 heteroatoms. The maximum absolute atomic E-state index is 12.6. The van der Waals surface area contributed by atoms with Crippen LogP contribution in [-0.2, 0) is 6.54 Å². The molecule has 122 valence electrons. The first kappa shape index (κ1) is 15.9. The molecule has 1 fully saturated rings. The van der Waals surface area contributed by atoms with Gasteiger partial charge in [-0.3, -0.25) is 9.88 Å². The molecular formula is C18H20F2N2O. The first-order valence-corrected chi connectivity index (χ1v) is 7.92. The summed E-state index contributed by atoms with van der Waals surface area (Å²) in [7, 11) is 0. The third-order valence-electron chi connectivity index (χ3n) is 4.20. The second-order valence-corrected chi connectivity index (χ2v) is 5.72. The number of halogens is 2. The van der Waals surface area contributed by atoms with Crippen LogP contribution in [0.25, 0.3) is 0 Å². The highest BCUT2D eigenvalue weighted by atomic mass is 19.3. The van der Waals surface area contributed by atoms with E-state index in [1.165, 1.54) is 0 Å². The Kier molecular flexibility index (Phi) is 5.18. The quantitative estimate of drug-likeness (QED) is 0.816. The molecule has 0 saturated carbocycles. The van der Waals surface area contributed by atoms with Gasteiger partial charge in [-0.1, -0.05) is 30.7 Å².